The number of nitrogens with two attached hydrogens (primary N) is 1. The molecule has 1 atom stereocenters. The zero-order chi connectivity index (χ0) is 9.97. The van der Waals surface area contributed by atoms with Gasteiger partial charge in [-0.15, -0.1) is 0 Å². The highest BCUT2D eigenvalue weighted by Gasteiger charge is 2.20. The maximum Gasteiger partial charge on any atom is 0.0555 e. The minimum absolute atomic E-state index is 0.524. The summed E-state index contributed by atoms with van der Waals surface area (Å²) in [7, 11) is 0. The minimum Gasteiger partial charge on any atom is -0.368 e. The molecule has 0 radical (unpaired) electrons. The molecule has 3 heteroatoms. The summed E-state index contributed by atoms with van der Waals surface area (Å²) in [6.07, 6.45) is 4.52. The molecular formula is C11H17N3. The van der Waals surface area contributed by atoms with Crippen molar-refractivity contribution in [2.75, 3.05) is 11.4 Å². The average Bonchev–Trinajstić information content (AvgIpc) is 2.65. The third-order valence-corrected chi connectivity index (χ3v) is 2.90. The Morgan fingerprint density at radius 2 is 2.43 bits per heavy atom. The van der Waals surface area contributed by atoms with Crippen molar-refractivity contribution < 1.29 is 0 Å². The molecule has 0 saturated carbocycles. The van der Waals surface area contributed by atoms with Crippen LogP contribution in [-0.4, -0.2) is 17.6 Å². The van der Waals surface area contributed by atoms with Crippen LogP contribution in [0.5, 0.6) is 0 Å². The lowest BCUT2D eigenvalue weighted by Crippen LogP contribution is -2.26. The fraction of sp³-hybridized carbons (Fsp3) is 0.545. The highest BCUT2D eigenvalue weighted by atomic mass is 15.2. The molecule has 1 aliphatic rings. The summed E-state index contributed by atoms with van der Waals surface area (Å²) < 4.78 is 0. The van der Waals surface area contributed by atoms with Crippen LogP contribution in [0.15, 0.2) is 18.3 Å². The molecule has 2 N–H and O–H groups in total. The summed E-state index contributed by atoms with van der Waals surface area (Å²) in [6.45, 7) is 3.95. The van der Waals surface area contributed by atoms with Crippen molar-refractivity contribution in [3.05, 3.63) is 24.0 Å². The third kappa shape index (κ3) is 1.73. The molecule has 0 aliphatic carbocycles. The Balaban J connectivity index is 2.16. The van der Waals surface area contributed by atoms with E-state index < -0.39 is 0 Å². The van der Waals surface area contributed by atoms with E-state index >= 15 is 0 Å². The van der Waals surface area contributed by atoms with E-state index in [2.05, 4.69) is 22.9 Å². The van der Waals surface area contributed by atoms with Gasteiger partial charge < -0.3 is 10.6 Å². The van der Waals surface area contributed by atoms with Gasteiger partial charge in [-0.05, 0) is 31.9 Å². The average molecular weight is 191 g/mol. The first-order chi connectivity index (χ1) is 6.81. The van der Waals surface area contributed by atoms with Crippen molar-refractivity contribution in [3.63, 3.8) is 0 Å². The molecule has 1 aromatic rings. The quantitative estimate of drug-likeness (QED) is 0.770. The van der Waals surface area contributed by atoms with Crippen LogP contribution < -0.4 is 10.6 Å². The SMILES string of the molecule is CC1CCCN1c1ccc(CN)nc1. The molecule has 0 amide bonds. The number of hydrogen-bond acceptors (Lipinski definition) is 3. The zero-order valence-corrected chi connectivity index (χ0v) is 8.61. The molecule has 1 aliphatic heterocycles. The maximum absolute atomic E-state index is 5.50. The topological polar surface area (TPSA) is 42.1 Å². The number of nitrogens with zero attached hydrogens (tertiary/aromatic N) is 2. The van der Waals surface area contributed by atoms with E-state index in [1.54, 1.807) is 0 Å². The molecule has 0 spiro atoms. The molecule has 1 saturated heterocycles. The first kappa shape index (κ1) is 9.46. The van der Waals surface area contributed by atoms with Crippen LogP contribution >= 0.6 is 0 Å². The summed E-state index contributed by atoms with van der Waals surface area (Å²) in [5, 5.41) is 0. The lowest BCUT2D eigenvalue weighted by molar-refractivity contribution is 0.733. The van der Waals surface area contributed by atoms with Crippen molar-refractivity contribution in [3.8, 4) is 0 Å². The van der Waals surface area contributed by atoms with Crippen molar-refractivity contribution in [1.82, 2.24) is 4.98 Å². The Bertz CT molecular complexity index is 294. The second-order valence-electron chi connectivity index (χ2n) is 3.90. The van der Waals surface area contributed by atoms with Gasteiger partial charge in [0.15, 0.2) is 0 Å². The molecule has 3 nitrogen and oxygen atoms in total. The van der Waals surface area contributed by atoms with Gasteiger partial charge in [-0.25, -0.2) is 0 Å². The molecule has 1 fully saturated rings. The fourth-order valence-corrected chi connectivity index (χ4v) is 2.02. The highest BCUT2D eigenvalue weighted by Crippen LogP contribution is 2.24. The van der Waals surface area contributed by atoms with E-state index in [0.29, 0.717) is 12.6 Å². The van der Waals surface area contributed by atoms with Gasteiger partial charge in [0.2, 0.25) is 0 Å². The van der Waals surface area contributed by atoms with Gasteiger partial charge in [-0.1, -0.05) is 0 Å². The molecule has 0 bridgehead atoms. The first-order valence-corrected chi connectivity index (χ1v) is 5.23. The summed E-state index contributed by atoms with van der Waals surface area (Å²) >= 11 is 0. The summed E-state index contributed by atoms with van der Waals surface area (Å²) in [5.41, 5.74) is 7.69. The highest BCUT2D eigenvalue weighted by molar-refractivity contribution is 5.46. The van der Waals surface area contributed by atoms with Gasteiger partial charge in [0.1, 0.15) is 0 Å². The van der Waals surface area contributed by atoms with Gasteiger partial charge in [0.05, 0.1) is 17.6 Å². The Labute approximate surface area is 84.9 Å². The second-order valence-corrected chi connectivity index (χ2v) is 3.90. The van der Waals surface area contributed by atoms with Gasteiger partial charge in [0.25, 0.3) is 0 Å². The minimum atomic E-state index is 0.524. The third-order valence-electron chi connectivity index (χ3n) is 2.90. The van der Waals surface area contributed by atoms with E-state index in [-0.39, 0.29) is 0 Å². The molecule has 76 valence electrons. The van der Waals surface area contributed by atoms with Crippen LogP contribution in [0.3, 0.4) is 0 Å². The predicted molar refractivity (Wildman–Crippen MR) is 58.2 cm³/mol. The fourth-order valence-electron chi connectivity index (χ4n) is 2.02. The van der Waals surface area contributed by atoms with Gasteiger partial charge >= 0.3 is 0 Å². The normalized spacial score (nSPS) is 21.6. The molecule has 1 aromatic heterocycles. The summed E-state index contributed by atoms with van der Waals surface area (Å²) in [4.78, 5) is 6.72. The number of hydrogen-bond donors (Lipinski definition) is 1. The van der Waals surface area contributed by atoms with Crippen LogP contribution in [-0.2, 0) is 6.54 Å². The Morgan fingerprint density at radius 1 is 1.57 bits per heavy atom. The monoisotopic (exact) mass is 191 g/mol. The van der Waals surface area contributed by atoms with E-state index in [1.165, 1.54) is 18.5 Å². The van der Waals surface area contributed by atoms with Gasteiger partial charge in [-0.3, -0.25) is 4.98 Å². The molecule has 2 rings (SSSR count). The number of rotatable bonds is 2. The predicted octanol–water partition coefficient (Wildman–Crippen LogP) is 1.53. The zero-order valence-electron chi connectivity index (χ0n) is 8.61. The van der Waals surface area contributed by atoms with Crippen molar-refractivity contribution in [1.29, 1.82) is 0 Å². The summed E-state index contributed by atoms with van der Waals surface area (Å²) in [5.74, 6) is 0. The van der Waals surface area contributed by atoms with Crippen LogP contribution in [0.25, 0.3) is 0 Å². The maximum atomic E-state index is 5.50. The van der Waals surface area contributed by atoms with Gasteiger partial charge in [0, 0.05) is 19.1 Å². The smallest absolute Gasteiger partial charge is 0.0555 e. The lowest BCUT2D eigenvalue weighted by atomic mass is 10.2. The molecule has 14 heavy (non-hydrogen) atoms. The van der Waals surface area contributed by atoms with Crippen LogP contribution in [0, 0.1) is 0 Å². The van der Waals surface area contributed by atoms with E-state index in [0.717, 1.165) is 12.2 Å². The Hall–Kier alpha value is -1.09. The number of anilines is 1. The van der Waals surface area contributed by atoms with Crippen LogP contribution in [0.1, 0.15) is 25.5 Å². The largest absolute Gasteiger partial charge is 0.368 e. The molecule has 2 heterocycles. The second kappa shape index (κ2) is 3.96. The first-order valence-electron chi connectivity index (χ1n) is 5.23. The van der Waals surface area contributed by atoms with E-state index in [9.17, 15) is 0 Å². The summed E-state index contributed by atoms with van der Waals surface area (Å²) in [6, 6.07) is 4.79. The Kier molecular flexibility index (Phi) is 2.68. The molecular weight excluding hydrogens is 174 g/mol. The van der Waals surface area contributed by atoms with Gasteiger partial charge in [-0.2, -0.15) is 0 Å². The molecule has 0 aromatic carbocycles. The number of aromatic nitrogens is 1. The number of pyridine rings is 1. The molecule has 1 unspecified atom stereocenters. The van der Waals surface area contributed by atoms with Crippen molar-refractivity contribution in [2.24, 2.45) is 5.73 Å². The van der Waals surface area contributed by atoms with Crippen LogP contribution in [0.2, 0.25) is 0 Å². The standard InChI is InChI=1S/C11H17N3/c1-9-3-2-6-14(9)11-5-4-10(7-12)13-8-11/h4-5,8-9H,2-3,6-7,12H2,1H3. The van der Waals surface area contributed by atoms with Crippen molar-refractivity contribution >= 4 is 5.69 Å². The van der Waals surface area contributed by atoms with Crippen molar-refractivity contribution in [2.45, 2.75) is 32.4 Å². The Morgan fingerprint density at radius 3 is 2.93 bits per heavy atom. The van der Waals surface area contributed by atoms with Crippen LogP contribution in [0.4, 0.5) is 5.69 Å². The van der Waals surface area contributed by atoms with E-state index in [4.69, 9.17) is 5.73 Å². The lowest BCUT2D eigenvalue weighted by Gasteiger charge is -2.23. The van der Waals surface area contributed by atoms with E-state index in [1.807, 2.05) is 12.3 Å².